The molecule has 0 aromatic heterocycles. The Bertz CT molecular complexity index is 2090. The van der Waals surface area contributed by atoms with Crippen LogP contribution in [0.3, 0.4) is 0 Å². The van der Waals surface area contributed by atoms with Gasteiger partial charge in [-0.05, 0) is 47.2 Å². The molecule has 322 valence electrons. The second-order valence-corrected chi connectivity index (χ2v) is 14.3. The SMILES string of the molecule is N[C@@H](Cc1ccc(O)cc1)C(=O)N[C@@H](Cc1ccccc1)C(=O)N[C@@H](Cc1ccccc1)C(=O)N[C@@H](Cc1ccccc1)C(=O)N[C@@H](CO)C(=O)N[C@@H](CCC(=O)O)C(=O)O. The fraction of sp³-hybridized carbons (Fsp3) is 0.295. The van der Waals surface area contributed by atoms with Crippen molar-refractivity contribution in [1.82, 2.24) is 26.6 Å². The molecule has 0 bridgehead atoms. The van der Waals surface area contributed by atoms with Crippen molar-refractivity contribution >= 4 is 41.5 Å². The summed E-state index contributed by atoms with van der Waals surface area (Å²) in [6, 6.07) is 23.9. The van der Waals surface area contributed by atoms with Crippen LogP contribution in [-0.2, 0) is 59.2 Å². The van der Waals surface area contributed by atoms with Crippen LogP contribution in [0.4, 0.5) is 0 Å². The number of rotatable bonds is 23. The van der Waals surface area contributed by atoms with Gasteiger partial charge >= 0.3 is 11.9 Å². The van der Waals surface area contributed by atoms with Gasteiger partial charge in [0.05, 0.1) is 12.6 Å². The van der Waals surface area contributed by atoms with Gasteiger partial charge in [-0.15, -0.1) is 0 Å². The fourth-order valence-corrected chi connectivity index (χ4v) is 6.24. The zero-order valence-corrected chi connectivity index (χ0v) is 33.1. The lowest BCUT2D eigenvalue weighted by Crippen LogP contribution is -2.60. The summed E-state index contributed by atoms with van der Waals surface area (Å²) >= 11 is 0. The van der Waals surface area contributed by atoms with E-state index in [1.807, 2.05) is 0 Å². The molecule has 11 N–H and O–H groups in total. The predicted molar refractivity (Wildman–Crippen MR) is 221 cm³/mol. The van der Waals surface area contributed by atoms with E-state index in [4.69, 9.17) is 10.8 Å². The number of nitrogens with one attached hydrogen (secondary N) is 5. The van der Waals surface area contributed by atoms with E-state index in [0.717, 1.165) is 0 Å². The van der Waals surface area contributed by atoms with Crippen molar-refractivity contribution in [3.63, 3.8) is 0 Å². The van der Waals surface area contributed by atoms with E-state index >= 15 is 0 Å². The standard InChI is InChI=1S/C44H50N6O11/c45-32(22-30-16-18-31(52)19-17-30)39(55)47-34(23-27-10-4-1-5-11-27)40(56)48-35(24-28-12-6-2-7-13-28)41(57)49-36(25-29-14-8-3-9-15-29)42(58)50-37(26-51)43(59)46-33(44(60)61)20-21-38(53)54/h1-19,32-37,51-52H,20-26,45H2,(H,46,59)(H,47,55)(H,48,56)(H,49,57)(H,50,58)(H,53,54)(H,60,61)/t32-,33-,34-,35-,36-,37-/m0/s1. The number of carbonyl (C=O) groups is 7. The highest BCUT2D eigenvalue weighted by atomic mass is 16.4. The zero-order valence-electron chi connectivity index (χ0n) is 33.1. The normalized spacial score (nSPS) is 13.8. The second-order valence-electron chi connectivity index (χ2n) is 14.3. The molecule has 0 saturated heterocycles. The minimum Gasteiger partial charge on any atom is -0.508 e. The van der Waals surface area contributed by atoms with Crippen LogP contribution < -0.4 is 32.3 Å². The Hall–Kier alpha value is -7.11. The minimum absolute atomic E-state index is 0.0205. The number of aliphatic carboxylic acids is 2. The molecule has 61 heavy (non-hydrogen) atoms. The van der Waals surface area contributed by atoms with E-state index in [1.165, 1.54) is 12.1 Å². The van der Waals surface area contributed by atoms with Crippen LogP contribution in [0.25, 0.3) is 0 Å². The molecular formula is C44H50N6O11. The number of hydrogen-bond acceptors (Lipinski definition) is 10. The average molecular weight is 839 g/mol. The molecule has 4 aromatic carbocycles. The maximum absolute atomic E-state index is 14.3. The highest BCUT2D eigenvalue weighted by Gasteiger charge is 2.33. The number of benzene rings is 4. The minimum atomic E-state index is -1.70. The largest absolute Gasteiger partial charge is 0.508 e. The van der Waals surface area contributed by atoms with E-state index in [1.54, 1.807) is 103 Å². The Labute approximate surface area is 351 Å². The van der Waals surface area contributed by atoms with Crippen molar-refractivity contribution in [3.05, 3.63) is 138 Å². The van der Waals surface area contributed by atoms with Crippen molar-refractivity contribution in [2.75, 3.05) is 6.61 Å². The number of nitrogens with two attached hydrogens (primary N) is 1. The molecule has 0 aliphatic carbocycles. The lowest BCUT2D eigenvalue weighted by Gasteiger charge is -2.27. The number of carbonyl (C=O) groups excluding carboxylic acids is 5. The van der Waals surface area contributed by atoms with Gasteiger partial charge < -0.3 is 52.7 Å². The molecular weight excluding hydrogens is 789 g/mol. The number of aromatic hydroxyl groups is 1. The third kappa shape index (κ3) is 15.5. The van der Waals surface area contributed by atoms with Gasteiger partial charge in [-0.25, -0.2) is 4.79 Å². The summed E-state index contributed by atoms with van der Waals surface area (Å²) in [5.74, 6) is -7.02. The van der Waals surface area contributed by atoms with Gasteiger partial charge in [0.25, 0.3) is 0 Å². The first-order chi connectivity index (χ1) is 29.2. The van der Waals surface area contributed by atoms with Crippen molar-refractivity contribution in [1.29, 1.82) is 0 Å². The van der Waals surface area contributed by atoms with Crippen LogP contribution >= 0.6 is 0 Å². The van der Waals surface area contributed by atoms with Gasteiger partial charge in [0.15, 0.2) is 0 Å². The smallest absolute Gasteiger partial charge is 0.326 e. The molecule has 5 amide bonds. The van der Waals surface area contributed by atoms with Crippen LogP contribution in [0.1, 0.15) is 35.1 Å². The Morgan fingerprint density at radius 1 is 0.459 bits per heavy atom. The highest BCUT2D eigenvalue weighted by molar-refractivity contribution is 5.96. The molecule has 0 aliphatic heterocycles. The van der Waals surface area contributed by atoms with Crippen molar-refractivity contribution in [2.24, 2.45) is 5.73 Å². The zero-order chi connectivity index (χ0) is 44.3. The number of amides is 5. The molecule has 0 spiro atoms. The monoisotopic (exact) mass is 838 g/mol. The molecule has 0 fully saturated rings. The molecule has 0 unspecified atom stereocenters. The van der Waals surface area contributed by atoms with Crippen LogP contribution in [0, 0.1) is 0 Å². The van der Waals surface area contributed by atoms with Crippen LogP contribution in [0.2, 0.25) is 0 Å². The van der Waals surface area contributed by atoms with Gasteiger partial charge in [-0.3, -0.25) is 28.8 Å². The Kier molecular flexibility index (Phi) is 17.9. The highest BCUT2D eigenvalue weighted by Crippen LogP contribution is 2.13. The molecule has 0 radical (unpaired) electrons. The van der Waals surface area contributed by atoms with Gasteiger partial charge in [-0.1, -0.05) is 103 Å². The molecule has 0 saturated carbocycles. The van der Waals surface area contributed by atoms with E-state index in [2.05, 4.69) is 26.6 Å². The first-order valence-electron chi connectivity index (χ1n) is 19.4. The summed E-state index contributed by atoms with van der Waals surface area (Å²) in [5, 5.41) is 50.8. The number of carboxylic acids is 2. The number of aliphatic hydroxyl groups is 1. The first kappa shape index (κ1) is 46.6. The molecule has 6 atom stereocenters. The van der Waals surface area contributed by atoms with Crippen LogP contribution in [-0.4, -0.2) is 105 Å². The first-order valence-corrected chi connectivity index (χ1v) is 19.4. The summed E-state index contributed by atoms with van der Waals surface area (Å²) < 4.78 is 0. The lowest BCUT2D eigenvalue weighted by atomic mass is 10.0. The van der Waals surface area contributed by atoms with Crippen molar-refractivity contribution < 1.29 is 54.0 Å². The topological polar surface area (TPSA) is 287 Å². The number of aliphatic hydroxyl groups excluding tert-OH is 1. The number of carboxylic acid groups (broad SMARTS) is 2. The number of phenolic OH excluding ortho intramolecular Hbond substituents is 1. The fourth-order valence-electron chi connectivity index (χ4n) is 6.24. The van der Waals surface area contributed by atoms with E-state index in [0.29, 0.717) is 22.3 Å². The van der Waals surface area contributed by atoms with Crippen molar-refractivity contribution in [2.45, 2.75) is 74.8 Å². The predicted octanol–water partition coefficient (Wildman–Crippen LogP) is 0.356. The van der Waals surface area contributed by atoms with E-state index in [9.17, 15) is 48.9 Å². The van der Waals surface area contributed by atoms with Gasteiger partial charge in [0.2, 0.25) is 29.5 Å². The molecule has 4 rings (SSSR count). The Balaban J connectivity index is 1.58. The molecule has 4 aromatic rings. The van der Waals surface area contributed by atoms with Gasteiger partial charge in [0, 0.05) is 25.7 Å². The number of hydrogen-bond donors (Lipinski definition) is 10. The maximum atomic E-state index is 14.3. The van der Waals surface area contributed by atoms with Crippen LogP contribution in [0.15, 0.2) is 115 Å². The van der Waals surface area contributed by atoms with Crippen LogP contribution in [0.5, 0.6) is 5.75 Å². The second kappa shape index (κ2) is 23.5. The molecule has 17 nitrogen and oxygen atoms in total. The summed E-state index contributed by atoms with van der Waals surface area (Å²) in [5.41, 5.74) is 8.84. The maximum Gasteiger partial charge on any atom is 0.326 e. The third-order valence-electron chi connectivity index (χ3n) is 9.55. The third-order valence-corrected chi connectivity index (χ3v) is 9.55. The summed E-state index contributed by atoms with van der Waals surface area (Å²) in [6.45, 7) is -0.978. The molecule has 17 heteroatoms. The number of phenols is 1. The Morgan fingerprint density at radius 2 is 0.803 bits per heavy atom. The average Bonchev–Trinajstić information content (AvgIpc) is 3.24. The molecule has 0 heterocycles. The van der Waals surface area contributed by atoms with Gasteiger partial charge in [0.1, 0.15) is 36.0 Å². The summed E-state index contributed by atoms with van der Waals surface area (Å²) in [4.78, 5) is 91.6. The molecule has 0 aliphatic rings. The van der Waals surface area contributed by atoms with Crippen molar-refractivity contribution in [3.8, 4) is 5.75 Å². The van der Waals surface area contributed by atoms with E-state index in [-0.39, 0.29) is 31.4 Å². The summed E-state index contributed by atoms with van der Waals surface area (Å²) in [6.07, 6.45) is -1.10. The Morgan fingerprint density at radius 3 is 1.18 bits per heavy atom. The van der Waals surface area contributed by atoms with Gasteiger partial charge in [-0.2, -0.15) is 0 Å². The van der Waals surface area contributed by atoms with E-state index < -0.39 is 97.2 Å². The quantitative estimate of drug-likeness (QED) is 0.0485. The lowest BCUT2D eigenvalue weighted by molar-refractivity contribution is -0.143. The summed E-state index contributed by atoms with van der Waals surface area (Å²) in [7, 11) is 0.